The van der Waals surface area contributed by atoms with E-state index in [1.807, 2.05) is 58.0 Å². The van der Waals surface area contributed by atoms with Gasteiger partial charge in [-0.2, -0.15) is 5.26 Å². The van der Waals surface area contributed by atoms with Gasteiger partial charge in [-0.15, -0.1) is 0 Å². The van der Waals surface area contributed by atoms with Crippen LogP contribution >= 0.6 is 0 Å². The number of ether oxygens (including phenoxy) is 5. The summed E-state index contributed by atoms with van der Waals surface area (Å²) in [5, 5.41) is 13.6. The van der Waals surface area contributed by atoms with Gasteiger partial charge in [0.2, 0.25) is 0 Å². The standard InChI is InChI=1S/C20H26N2O5/c1-18(2)23-11-14(25-18)15-20(12-21,22-10-13-8-6-5-7-9-13)16-17(24-15)27-19(3,4)26-16/h5-9,14-17,22H,10-11H2,1-4H3/t14-,15-,16+,17-,20-/m1/s1. The Morgan fingerprint density at radius 2 is 1.78 bits per heavy atom. The number of benzene rings is 1. The molecule has 4 rings (SSSR count). The quantitative estimate of drug-likeness (QED) is 0.864. The third kappa shape index (κ3) is 3.38. The van der Waals surface area contributed by atoms with Crippen molar-refractivity contribution in [2.24, 2.45) is 0 Å². The summed E-state index contributed by atoms with van der Waals surface area (Å²) < 4.78 is 29.8. The second-order valence-corrected chi connectivity index (χ2v) is 8.17. The van der Waals surface area contributed by atoms with Gasteiger partial charge in [0.15, 0.2) is 23.4 Å². The van der Waals surface area contributed by atoms with Crippen molar-refractivity contribution in [1.82, 2.24) is 5.32 Å². The molecule has 27 heavy (non-hydrogen) atoms. The fraction of sp³-hybridized carbons (Fsp3) is 0.650. The minimum absolute atomic E-state index is 0.344. The van der Waals surface area contributed by atoms with E-state index in [1.165, 1.54) is 0 Å². The second-order valence-electron chi connectivity index (χ2n) is 8.17. The molecule has 0 aliphatic carbocycles. The zero-order chi connectivity index (χ0) is 19.3. The van der Waals surface area contributed by atoms with Crippen LogP contribution in [0, 0.1) is 11.3 Å². The van der Waals surface area contributed by atoms with Crippen molar-refractivity contribution in [3.63, 3.8) is 0 Å². The molecule has 7 nitrogen and oxygen atoms in total. The first-order valence-corrected chi connectivity index (χ1v) is 9.28. The van der Waals surface area contributed by atoms with E-state index in [1.54, 1.807) is 0 Å². The fourth-order valence-corrected chi connectivity index (χ4v) is 4.01. The molecule has 1 aromatic rings. The monoisotopic (exact) mass is 374 g/mol. The molecule has 0 amide bonds. The number of nitrogens with one attached hydrogen (secondary N) is 1. The number of hydrogen-bond donors (Lipinski definition) is 1. The first-order valence-electron chi connectivity index (χ1n) is 9.28. The summed E-state index contributed by atoms with van der Waals surface area (Å²) in [5.41, 5.74) is -0.0562. The molecule has 0 saturated carbocycles. The molecule has 3 fully saturated rings. The predicted molar refractivity (Wildman–Crippen MR) is 95.2 cm³/mol. The maximum absolute atomic E-state index is 10.2. The van der Waals surface area contributed by atoms with E-state index in [2.05, 4.69) is 11.4 Å². The first-order chi connectivity index (χ1) is 12.7. The Balaban J connectivity index is 1.63. The first kappa shape index (κ1) is 18.8. The van der Waals surface area contributed by atoms with Crippen LogP contribution in [-0.2, 0) is 30.2 Å². The van der Waals surface area contributed by atoms with Crippen LogP contribution in [0.25, 0.3) is 0 Å². The molecule has 1 N–H and O–H groups in total. The number of nitrogens with zero attached hydrogens (tertiary/aromatic N) is 1. The van der Waals surface area contributed by atoms with Crippen molar-refractivity contribution in [1.29, 1.82) is 5.26 Å². The van der Waals surface area contributed by atoms with Gasteiger partial charge >= 0.3 is 0 Å². The molecule has 146 valence electrons. The minimum atomic E-state index is -1.12. The molecule has 3 aliphatic heterocycles. The van der Waals surface area contributed by atoms with Crippen molar-refractivity contribution in [2.75, 3.05) is 6.61 Å². The Hall–Kier alpha value is -1.53. The lowest BCUT2D eigenvalue weighted by atomic mass is 9.86. The summed E-state index contributed by atoms with van der Waals surface area (Å²) in [7, 11) is 0. The van der Waals surface area contributed by atoms with Crippen LogP contribution in [0.5, 0.6) is 0 Å². The largest absolute Gasteiger partial charge is 0.348 e. The van der Waals surface area contributed by atoms with Gasteiger partial charge in [-0.1, -0.05) is 30.3 Å². The minimum Gasteiger partial charge on any atom is -0.348 e. The van der Waals surface area contributed by atoms with E-state index in [0.29, 0.717) is 13.2 Å². The zero-order valence-electron chi connectivity index (χ0n) is 16.1. The highest BCUT2D eigenvalue weighted by molar-refractivity contribution is 5.26. The van der Waals surface area contributed by atoms with Gasteiger partial charge in [-0.3, -0.25) is 5.32 Å². The molecule has 5 atom stereocenters. The highest BCUT2D eigenvalue weighted by Gasteiger charge is 2.67. The smallest absolute Gasteiger partial charge is 0.190 e. The Bertz CT molecular complexity index is 732. The van der Waals surface area contributed by atoms with E-state index in [9.17, 15) is 5.26 Å². The van der Waals surface area contributed by atoms with Crippen LogP contribution in [0.4, 0.5) is 0 Å². The van der Waals surface area contributed by atoms with Gasteiger partial charge in [0.25, 0.3) is 0 Å². The van der Waals surface area contributed by atoms with Crippen molar-refractivity contribution in [3.05, 3.63) is 35.9 Å². The third-order valence-electron chi connectivity index (χ3n) is 5.22. The molecule has 0 aromatic heterocycles. The van der Waals surface area contributed by atoms with Crippen molar-refractivity contribution in [2.45, 2.75) is 76.0 Å². The molecule has 0 bridgehead atoms. The van der Waals surface area contributed by atoms with Crippen molar-refractivity contribution in [3.8, 4) is 6.07 Å². The Kier molecular flexibility index (Phi) is 4.54. The summed E-state index contributed by atoms with van der Waals surface area (Å²) in [6, 6.07) is 12.4. The summed E-state index contributed by atoms with van der Waals surface area (Å²) in [6.07, 6.45) is -2.19. The average molecular weight is 374 g/mol. The third-order valence-corrected chi connectivity index (χ3v) is 5.22. The van der Waals surface area contributed by atoms with Crippen LogP contribution in [0.2, 0.25) is 0 Å². The molecular weight excluding hydrogens is 348 g/mol. The molecule has 3 aliphatic rings. The van der Waals surface area contributed by atoms with Crippen LogP contribution in [0.3, 0.4) is 0 Å². The van der Waals surface area contributed by atoms with Crippen LogP contribution in [0.1, 0.15) is 33.3 Å². The molecule has 3 saturated heterocycles. The maximum atomic E-state index is 10.2. The Morgan fingerprint density at radius 3 is 2.41 bits per heavy atom. The van der Waals surface area contributed by atoms with E-state index in [0.717, 1.165) is 5.56 Å². The zero-order valence-corrected chi connectivity index (χ0v) is 16.1. The lowest BCUT2D eigenvalue weighted by Crippen LogP contribution is -2.61. The topological polar surface area (TPSA) is 82.0 Å². The summed E-state index contributed by atoms with van der Waals surface area (Å²) in [4.78, 5) is 0. The predicted octanol–water partition coefficient (Wildman–Crippen LogP) is 2.07. The number of fused-ring (bicyclic) bond motifs is 1. The van der Waals surface area contributed by atoms with Crippen LogP contribution in [0.15, 0.2) is 30.3 Å². The van der Waals surface area contributed by atoms with Gasteiger partial charge in [0.1, 0.15) is 18.3 Å². The molecule has 0 spiro atoms. The normalized spacial score (nSPS) is 39.2. The van der Waals surface area contributed by atoms with E-state index in [4.69, 9.17) is 23.7 Å². The molecule has 3 heterocycles. The number of rotatable bonds is 4. The van der Waals surface area contributed by atoms with E-state index >= 15 is 0 Å². The van der Waals surface area contributed by atoms with E-state index < -0.39 is 41.7 Å². The fourth-order valence-electron chi connectivity index (χ4n) is 4.01. The lowest BCUT2D eigenvalue weighted by molar-refractivity contribution is -0.227. The van der Waals surface area contributed by atoms with Gasteiger partial charge in [-0.25, -0.2) is 0 Å². The summed E-state index contributed by atoms with van der Waals surface area (Å²) in [6.45, 7) is 8.19. The second kappa shape index (κ2) is 6.52. The number of hydrogen-bond acceptors (Lipinski definition) is 7. The van der Waals surface area contributed by atoms with Crippen LogP contribution in [-0.4, -0.2) is 48.3 Å². The van der Waals surface area contributed by atoms with Crippen molar-refractivity contribution >= 4 is 0 Å². The van der Waals surface area contributed by atoms with Crippen molar-refractivity contribution < 1.29 is 23.7 Å². The highest BCUT2D eigenvalue weighted by Crippen LogP contribution is 2.46. The van der Waals surface area contributed by atoms with Gasteiger partial charge in [0.05, 0.1) is 12.7 Å². The number of nitriles is 1. The average Bonchev–Trinajstić information content (AvgIpc) is 3.22. The highest BCUT2D eigenvalue weighted by atomic mass is 16.8. The van der Waals surface area contributed by atoms with E-state index in [-0.39, 0.29) is 0 Å². The molecule has 7 heteroatoms. The van der Waals surface area contributed by atoms with Gasteiger partial charge < -0.3 is 23.7 Å². The summed E-state index contributed by atoms with van der Waals surface area (Å²) in [5.74, 6) is -1.53. The molecule has 0 unspecified atom stereocenters. The van der Waals surface area contributed by atoms with Gasteiger partial charge in [0, 0.05) is 6.54 Å². The SMILES string of the molecule is CC1(C)OC[C@H]([C@H]2O[C@@H]3OC(C)(C)O[C@@H]3[C@]2(C#N)NCc2ccccc2)O1. The molecule has 0 radical (unpaired) electrons. The maximum Gasteiger partial charge on any atom is 0.190 e. The molecular formula is C20H26N2O5. The summed E-state index contributed by atoms with van der Waals surface area (Å²) >= 11 is 0. The molecule has 1 aromatic carbocycles. The van der Waals surface area contributed by atoms with Crippen LogP contribution < -0.4 is 5.32 Å². The Labute approximate surface area is 159 Å². The Morgan fingerprint density at radius 1 is 1.04 bits per heavy atom. The lowest BCUT2D eigenvalue weighted by Gasteiger charge is -2.35. The van der Waals surface area contributed by atoms with Gasteiger partial charge in [-0.05, 0) is 33.3 Å².